The molecule has 126 valence electrons. The van der Waals surface area contributed by atoms with Gasteiger partial charge in [0.25, 0.3) is 5.91 Å². The van der Waals surface area contributed by atoms with E-state index in [-0.39, 0.29) is 18.2 Å². The first kappa shape index (κ1) is 17.1. The lowest BCUT2D eigenvalue weighted by Crippen LogP contribution is -2.50. The quantitative estimate of drug-likeness (QED) is 0.893. The van der Waals surface area contributed by atoms with Crippen molar-refractivity contribution in [3.8, 4) is 0 Å². The average Bonchev–Trinajstić information content (AvgIpc) is 2.52. The summed E-state index contributed by atoms with van der Waals surface area (Å²) in [7, 11) is 0. The highest BCUT2D eigenvalue weighted by Crippen LogP contribution is 2.30. The van der Waals surface area contributed by atoms with Crippen molar-refractivity contribution < 1.29 is 22.8 Å². The van der Waals surface area contributed by atoms with Gasteiger partial charge >= 0.3 is 12.2 Å². The second-order valence-corrected chi connectivity index (χ2v) is 5.47. The van der Waals surface area contributed by atoms with Crippen molar-refractivity contribution in [2.24, 2.45) is 5.73 Å². The van der Waals surface area contributed by atoms with Gasteiger partial charge < -0.3 is 16.0 Å². The number of piperidine rings is 1. The number of nitrogens with two attached hydrogens (primary N) is 1. The van der Waals surface area contributed by atoms with E-state index < -0.39 is 23.7 Å². The Bertz CT molecular complexity index is 590. The van der Waals surface area contributed by atoms with Crippen molar-refractivity contribution in [2.45, 2.75) is 31.5 Å². The van der Waals surface area contributed by atoms with E-state index in [2.05, 4.69) is 5.32 Å². The first-order chi connectivity index (χ1) is 10.8. The number of amides is 3. The molecule has 0 aromatic heterocycles. The van der Waals surface area contributed by atoms with Gasteiger partial charge in [-0.25, -0.2) is 4.79 Å². The van der Waals surface area contributed by atoms with E-state index in [1.165, 1.54) is 17.0 Å². The van der Waals surface area contributed by atoms with Crippen LogP contribution in [0.4, 0.5) is 18.0 Å². The fourth-order valence-corrected chi connectivity index (χ4v) is 2.69. The number of alkyl halides is 3. The van der Waals surface area contributed by atoms with Crippen LogP contribution in [0.25, 0.3) is 0 Å². The van der Waals surface area contributed by atoms with Gasteiger partial charge in [0.2, 0.25) is 0 Å². The van der Waals surface area contributed by atoms with E-state index in [0.29, 0.717) is 13.0 Å². The molecule has 0 bridgehead atoms. The summed E-state index contributed by atoms with van der Waals surface area (Å²) in [5.41, 5.74) is 4.17. The highest BCUT2D eigenvalue weighted by molar-refractivity contribution is 5.94. The van der Waals surface area contributed by atoms with E-state index in [4.69, 9.17) is 5.73 Å². The van der Waals surface area contributed by atoms with Gasteiger partial charge in [-0.05, 0) is 37.5 Å². The topological polar surface area (TPSA) is 75.4 Å². The Balaban J connectivity index is 2.18. The zero-order valence-corrected chi connectivity index (χ0v) is 12.4. The van der Waals surface area contributed by atoms with Crippen molar-refractivity contribution in [3.63, 3.8) is 0 Å². The molecule has 0 radical (unpaired) electrons. The zero-order valence-electron chi connectivity index (χ0n) is 12.4. The van der Waals surface area contributed by atoms with Crippen molar-refractivity contribution >= 4 is 11.9 Å². The second-order valence-electron chi connectivity index (χ2n) is 5.47. The minimum Gasteiger partial charge on any atom is -0.352 e. The fraction of sp³-hybridized carbons (Fsp3) is 0.467. The van der Waals surface area contributed by atoms with Crippen LogP contribution in [-0.2, 0) is 6.18 Å². The highest BCUT2D eigenvalue weighted by atomic mass is 19.4. The summed E-state index contributed by atoms with van der Waals surface area (Å²) in [5, 5.41) is 2.45. The molecule has 3 amide bonds. The van der Waals surface area contributed by atoms with Crippen molar-refractivity contribution in [3.05, 3.63) is 35.4 Å². The number of nitrogens with zero attached hydrogens (tertiary/aromatic N) is 1. The Labute approximate surface area is 131 Å². The van der Waals surface area contributed by atoms with Gasteiger partial charge in [0.15, 0.2) is 0 Å². The number of hydrogen-bond donors (Lipinski definition) is 2. The third-order valence-corrected chi connectivity index (χ3v) is 3.84. The Morgan fingerprint density at radius 2 is 2.04 bits per heavy atom. The van der Waals surface area contributed by atoms with Gasteiger partial charge in [-0.3, -0.25) is 4.79 Å². The number of benzene rings is 1. The maximum Gasteiger partial charge on any atom is 0.416 e. The molecule has 8 heteroatoms. The molecule has 23 heavy (non-hydrogen) atoms. The van der Waals surface area contributed by atoms with Crippen LogP contribution < -0.4 is 11.1 Å². The van der Waals surface area contributed by atoms with Crippen molar-refractivity contribution in [1.29, 1.82) is 0 Å². The SMILES string of the molecule is NC(=O)NC[C@@H]1CCCCN1C(=O)c1cccc(C(F)(F)F)c1. The maximum atomic E-state index is 12.8. The molecule has 0 spiro atoms. The van der Waals surface area contributed by atoms with Gasteiger partial charge in [-0.15, -0.1) is 0 Å². The summed E-state index contributed by atoms with van der Waals surface area (Å²) in [6.07, 6.45) is -2.16. The normalized spacial score (nSPS) is 18.6. The van der Waals surface area contributed by atoms with Crippen LogP contribution in [0.3, 0.4) is 0 Å². The van der Waals surface area contributed by atoms with Gasteiger partial charge in [-0.2, -0.15) is 13.2 Å². The molecular weight excluding hydrogens is 311 g/mol. The van der Waals surface area contributed by atoms with Crippen LogP contribution in [-0.4, -0.2) is 36.0 Å². The number of carbonyl (C=O) groups excluding carboxylic acids is 2. The Hall–Kier alpha value is -2.25. The molecule has 1 aromatic carbocycles. The number of primary amides is 1. The highest BCUT2D eigenvalue weighted by Gasteiger charge is 2.32. The zero-order chi connectivity index (χ0) is 17.0. The van der Waals surface area contributed by atoms with Crippen LogP contribution in [0.2, 0.25) is 0 Å². The Morgan fingerprint density at radius 3 is 2.70 bits per heavy atom. The number of urea groups is 1. The first-order valence-electron chi connectivity index (χ1n) is 7.30. The van der Waals surface area contributed by atoms with Crippen molar-refractivity contribution in [1.82, 2.24) is 10.2 Å². The summed E-state index contributed by atoms with van der Waals surface area (Å²) in [4.78, 5) is 24.9. The van der Waals surface area contributed by atoms with Crippen LogP contribution in [0, 0.1) is 0 Å². The molecule has 0 aliphatic carbocycles. The van der Waals surface area contributed by atoms with Crippen LogP contribution in [0.5, 0.6) is 0 Å². The summed E-state index contributed by atoms with van der Waals surface area (Å²) in [6.45, 7) is 0.639. The van der Waals surface area contributed by atoms with E-state index in [0.717, 1.165) is 25.0 Å². The summed E-state index contributed by atoms with van der Waals surface area (Å²) < 4.78 is 38.3. The summed E-state index contributed by atoms with van der Waals surface area (Å²) in [5.74, 6) is -0.466. The Morgan fingerprint density at radius 1 is 1.30 bits per heavy atom. The molecule has 1 heterocycles. The molecule has 2 rings (SSSR count). The third kappa shape index (κ3) is 4.37. The molecule has 1 atom stereocenters. The summed E-state index contributed by atoms with van der Waals surface area (Å²) >= 11 is 0. The molecule has 3 N–H and O–H groups in total. The smallest absolute Gasteiger partial charge is 0.352 e. The van der Waals surface area contributed by atoms with E-state index in [1.54, 1.807) is 0 Å². The van der Waals surface area contributed by atoms with Crippen LogP contribution in [0.15, 0.2) is 24.3 Å². The number of rotatable bonds is 3. The molecule has 0 unspecified atom stereocenters. The van der Waals surface area contributed by atoms with Crippen LogP contribution >= 0.6 is 0 Å². The first-order valence-corrected chi connectivity index (χ1v) is 7.30. The van der Waals surface area contributed by atoms with Gasteiger partial charge in [0.1, 0.15) is 0 Å². The largest absolute Gasteiger partial charge is 0.416 e. The standard InChI is InChI=1S/C15H18F3N3O2/c16-15(17,18)11-5-3-4-10(8-11)13(22)21-7-2-1-6-12(21)9-20-14(19)23/h3-5,8,12H,1-2,6-7,9H2,(H3,19,20,23)/t12-/m0/s1. The molecule has 1 fully saturated rings. The predicted octanol–water partition coefficient (Wildman–Crippen LogP) is 2.37. The van der Waals surface area contributed by atoms with Crippen LogP contribution in [0.1, 0.15) is 35.2 Å². The third-order valence-electron chi connectivity index (χ3n) is 3.84. The number of hydrogen-bond acceptors (Lipinski definition) is 2. The molecule has 1 aliphatic rings. The Kier molecular flexibility index (Phi) is 5.12. The molecule has 1 saturated heterocycles. The number of carbonyl (C=O) groups is 2. The number of nitrogens with one attached hydrogen (secondary N) is 1. The minimum absolute atomic E-state index is 0.00852. The lowest BCUT2D eigenvalue weighted by molar-refractivity contribution is -0.137. The van der Waals surface area contributed by atoms with E-state index in [1.807, 2.05) is 0 Å². The number of likely N-dealkylation sites (tertiary alicyclic amines) is 1. The molecular formula is C15H18F3N3O2. The predicted molar refractivity (Wildman–Crippen MR) is 77.7 cm³/mol. The number of halogens is 3. The van der Waals surface area contributed by atoms with E-state index >= 15 is 0 Å². The van der Waals surface area contributed by atoms with Gasteiger partial charge in [-0.1, -0.05) is 6.07 Å². The van der Waals surface area contributed by atoms with Gasteiger partial charge in [0, 0.05) is 24.7 Å². The molecule has 1 aromatic rings. The monoisotopic (exact) mass is 329 g/mol. The second kappa shape index (κ2) is 6.89. The minimum atomic E-state index is -4.49. The maximum absolute atomic E-state index is 12.8. The lowest BCUT2D eigenvalue weighted by atomic mass is 10.00. The molecule has 1 aliphatic heterocycles. The van der Waals surface area contributed by atoms with Gasteiger partial charge in [0.05, 0.1) is 5.56 Å². The summed E-state index contributed by atoms with van der Waals surface area (Å²) in [6, 6.07) is 3.41. The average molecular weight is 329 g/mol. The fourth-order valence-electron chi connectivity index (χ4n) is 2.69. The lowest BCUT2D eigenvalue weighted by Gasteiger charge is -2.36. The van der Waals surface area contributed by atoms with E-state index in [9.17, 15) is 22.8 Å². The molecule has 5 nitrogen and oxygen atoms in total. The molecule has 0 saturated carbocycles. The van der Waals surface area contributed by atoms with Crippen molar-refractivity contribution in [2.75, 3.05) is 13.1 Å².